The molecule has 0 aliphatic carbocycles. The van der Waals surface area contributed by atoms with Crippen molar-refractivity contribution in [2.24, 2.45) is 11.7 Å². The highest BCUT2D eigenvalue weighted by atomic mass is 35.5. The maximum Gasteiger partial charge on any atom is 0.243 e. The monoisotopic (exact) mass is 385 g/mol. The first-order chi connectivity index (χ1) is 11.8. The summed E-state index contributed by atoms with van der Waals surface area (Å²) in [7, 11) is 0. The Morgan fingerprint density at radius 3 is 2.69 bits per heavy atom. The van der Waals surface area contributed by atoms with Crippen molar-refractivity contribution in [3.05, 3.63) is 17.7 Å². The second-order valence-electron chi connectivity index (χ2n) is 6.56. The number of carbonyl (C=O) groups is 2. The van der Waals surface area contributed by atoms with Crippen LogP contribution in [0.5, 0.6) is 11.5 Å². The number of halogens is 1. The van der Waals surface area contributed by atoms with Gasteiger partial charge in [0.05, 0.1) is 24.9 Å². The van der Waals surface area contributed by atoms with Crippen molar-refractivity contribution in [2.45, 2.75) is 46.3 Å². The predicted octanol–water partition coefficient (Wildman–Crippen LogP) is 1.87. The molecule has 0 aromatic heterocycles. The van der Waals surface area contributed by atoms with E-state index in [1.807, 2.05) is 33.8 Å². The Morgan fingerprint density at radius 2 is 2.08 bits per heavy atom. The first-order valence-electron chi connectivity index (χ1n) is 8.61. The number of amides is 2. The van der Waals surface area contributed by atoms with Gasteiger partial charge in [-0.2, -0.15) is 0 Å². The molecule has 2 amide bonds. The van der Waals surface area contributed by atoms with Crippen LogP contribution < -0.4 is 25.8 Å². The van der Waals surface area contributed by atoms with Gasteiger partial charge in [-0.3, -0.25) is 9.59 Å². The first-order valence-corrected chi connectivity index (χ1v) is 8.61. The summed E-state index contributed by atoms with van der Waals surface area (Å²) in [6.45, 7) is 7.91. The molecule has 0 radical (unpaired) electrons. The van der Waals surface area contributed by atoms with Crippen molar-refractivity contribution in [3.8, 4) is 11.5 Å². The average Bonchev–Trinajstić information content (AvgIpc) is 2.91. The van der Waals surface area contributed by atoms with Gasteiger partial charge in [0.2, 0.25) is 11.8 Å². The smallest absolute Gasteiger partial charge is 0.243 e. The zero-order valence-electron chi connectivity index (χ0n) is 15.6. The lowest BCUT2D eigenvalue weighted by atomic mass is 10.1. The summed E-state index contributed by atoms with van der Waals surface area (Å²) >= 11 is 0. The van der Waals surface area contributed by atoms with Crippen molar-refractivity contribution in [3.63, 3.8) is 0 Å². The van der Waals surface area contributed by atoms with E-state index in [9.17, 15) is 9.59 Å². The largest absolute Gasteiger partial charge is 0.492 e. The van der Waals surface area contributed by atoms with Gasteiger partial charge in [-0.25, -0.2) is 0 Å². The van der Waals surface area contributed by atoms with Crippen LogP contribution in [-0.4, -0.2) is 37.1 Å². The number of anilines is 1. The summed E-state index contributed by atoms with van der Waals surface area (Å²) in [5, 5.41) is 5.31. The molecule has 0 saturated carbocycles. The molecule has 0 saturated heterocycles. The molecule has 1 aromatic carbocycles. The van der Waals surface area contributed by atoms with Crippen LogP contribution in [0.3, 0.4) is 0 Å². The average molecular weight is 386 g/mol. The molecule has 8 heteroatoms. The number of benzene rings is 1. The van der Waals surface area contributed by atoms with E-state index in [0.29, 0.717) is 18.0 Å². The van der Waals surface area contributed by atoms with Gasteiger partial charge in [0.1, 0.15) is 17.6 Å². The molecule has 1 aromatic rings. The van der Waals surface area contributed by atoms with Crippen molar-refractivity contribution >= 4 is 29.9 Å². The van der Waals surface area contributed by atoms with E-state index >= 15 is 0 Å². The van der Waals surface area contributed by atoms with E-state index in [1.165, 1.54) is 0 Å². The van der Waals surface area contributed by atoms with Crippen LogP contribution in [0.15, 0.2) is 12.1 Å². The Kier molecular flexibility index (Phi) is 8.17. The molecular weight excluding hydrogens is 358 g/mol. The predicted molar refractivity (Wildman–Crippen MR) is 103 cm³/mol. The third-order valence-electron chi connectivity index (χ3n) is 4.02. The highest BCUT2D eigenvalue weighted by Gasteiger charge is 2.23. The fourth-order valence-electron chi connectivity index (χ4n) is 2.59. The highest BCUT2D eigenvalue weighted by Crippen LogP contribution is 2.37. The van der Waals surface area contributed by atoms with Gasteiger partial charge in [-0.05, 0) is 25.8 Å². The maximum absolute atomic E-state index is 12.2. The number of nitrogens with one attached hydrogen (secondary N) is 2. The van der Waals surface area contributed by atoms with Gasteiger partial charge in [-0.1, -0.05) is 13.8 Å². The minimum Gasteiger partial charge on any atom is -0.492 e. The number of carbonyl (C=O) groups excluding carboxylic acids is 2. The van der Waals surface area contributed by atoms with Crippen LogP contribution in [-0.2, 0) is 16.0 Å². The number of rotatable bonds is 7. The van der Waals surface area contributed by atoms with Crippen molar-refractivity contribution < 1.29 is 19.1 Å². The Morgan fingerprint density at radius 1 is 1.38 bits per heavy atom. The van der Waals surface area contributed by atoms with Crippen LogP contribution in [0, 0.1) is 5.92 Å². The van der Waals surface area contributed by atoms with Crippen LogP contribution in [0.4, 0.5) is 5.69 Å². The zero-order valence-corrected chi connectivity index (χ0v) is 16.4. The molecule has 2 rings (SSSR count). The Bertz CT molecular complexity index is 652. The van der Waals surface area contributed by atoms with E-state index in [4.69, 9.17) is 15.2 Å². The molecule has 0 bridgehead atoms. The molecule has 0 fully saturated rings. The number of hydrogen-bond donors (Lipinski definition) is 3. The summed E-state index contributed by atoms with van der Waals surface area (Å²) in [6, 6.07) is 3.02. The lowest BCUT2D eigenvalue weighted by Crippen LogP contribution is -2.46. The summed E-state index contributed by atoms with van der Waals surface area (Å²) < 4.78 is 11.3. The summed E-state index contributed by atoms with van der Waals surface area (Å²) in [5.41, 5.74) is 7.35. The third kappa shape index (κ3) is 5.51. The zero-order chi connectivity index (χ0) is 18.6. The second-order valence-corrected chi connectivity index (χ2v) is 6.56. The van der Waals surface area contributed by atoms with Crippen LogP contribution in [0.25, 0.3) is 0 Å². The number of fused-ring (bicyclic) bond motifs is 1. The van der Waals surface area contributed by atoms with Crippen LogP contribution >= 0.6 is 12.4 Å². The molecule has 1 heterocycles. The second kappa shape index (κ2) is 9.64. The van der Waals surface area contributed by atoms with Crippen molar-refractivity contribution in [2.75, 3.05) is 18.5 Å². The van der Waals surface area contributed by atoms with Gasteiger partial charge in [0.15, 0.2) is 0 Å². The van der Waals surface area contributed by atoms with Gasteiger partial charge in [-0.15, -0.1) is 12.4 Å². The van der Waals surface area contributed by atoms with Crippen LogP contribution in [0.1, 0.15) is 33.3 Å². The Balaban J connectivity index is 0.00000338. The number of hydrogen-bond acceptors (Lipinski definition) is 5. The van der Waals surface area contributed by atoms with Gasteiger partial charge in [0.25, 0.3) is 0 Å². The molecule has 0 spiro atoms. The molecule has 7 nitrogen and oxygen atoms in total. The summed E-state index contributed by atoms with van der Waals surface area (Å²) in [4.78, 5) is 24.0. The summed E-state index contributed by atoms with van der Waals surface area (Å²) in [6.07, 6.45) is 0.916. The fourth-order valence-corrected chi connectivity index (χ4v) is 2.59. The molecule has 2 atom stereocenters. The van der Waals surface area contributed by atoms with E-state index < -0.39 is 6.04 Å². The molecule has 4 N–H and O–H groups in total. The number of ether oxygens (including phenoxy) is 2. The topological polar surface area (TPSA) is 103 Å². The molecule has 146 valence electrons. The first kappa shape index (κ1) is 22.1. The Labute approximate surface area is 160 Å². The molecule has 1 aliphatic rings. The highest BCUT2D eigenvalue weighted by molar-refractivity contribution is 5.96. The third-order valence-corrected chi connectivity index (χ3v) is 4.02. The molecule has 1 unspecified atom stereocenters. The SMILES string of the molecule is CCOc1cc2c(cc1NC(=O)CNC(=O)[C@@H](N)C(C)C)OC(C)C2.Cl. The minimum atomic E-state index is -0.637. The van der Waals surface area contributed by atoms with Gasteiger partial charge < -0.3 is 25.8 Å². The van der Waals surface area contributed by atoms with Crippen molar-refractivity contribution in [1.29, 1.82) is 0 Å². The quantitative estimate of drug-likeness (QED) is 0.664. The number of nitrogens with two attached hydrogens (primary N) is 1. The van der Waals surface area contributed by atoms with E-state index in [0.717, 1.165) is 17.7 Å². The lowest BCUT2D eigenvalue weighted by Gasteiger charge is -2.16. The maximum atomic E-state index is 12.2. The molecule has 1 aliphatic heterocycles. The van der Waals surface area contributed by atoms with E-state index in [1.54, 1.807) is 6.07 Å². The standard InChI is InChI=1S/C18H27N3O4.ClH/c1-5-24-15-7-12-6-11(4)25-14(12)8-13(15)21-16(22)9-20-18(23)17(19)10(2)3;/h7-8,10-11,17H,5-6,9,19H2,1-4H3,(H,20,23)(H,21,22);1H/t11?,17-;/m0./s1. The molecule has 26 heavy (non-hydrogen) atoms. The molecular formula is C18H28ClN3O4. The van der Waals surface area contributed by atoms with Gasteiger partial charge >= 0.3 is 0 Å². The van der Waals surface area contributed by atoms with Gasteiger partial charge in [0, 0.05) is 18.1 Å². The van der Waals surface area contributed by atoms with E-state index in [-0.39, 0.29) is 42.8 Å². The summed E-state index contributed by atoms with van der Waals surface area (Å²) in [5.74, 6) is 0.649. The van der Waals surface area contributed by atoms with E-state index in [2.05, 4.69) is 10.6 Å². The Hall–Kier alpha value is -1.99. The van der Waals surface area contributed by atoms with Crippen molar-refractivity contribution in [1.82, 2.24) is 5.32 Å². The fraction of sp³-hybridized carbons (Fsp3) is 0.556. The van der Waals surface area contributed by atoms with Crippen LogP contribution in [0.2, 0.25) is 0 Å². The minimum absolute atomic E-state index is 0. The lowest BCUT2D eigenvalue weighted by molar-refractivity contribution is -0.125. The normalized spacial score (nSPS) is 16.2.